The Labute approximate surface area is 129 Å². The van der Waals surface area contributed by atoms with Gasteiger partial charge in [-0.05, 0) is 11.6 Å². The smallest absolute Gasteiger partial charge is 0.354 e. The Morgan fingerprint density at radius 3 is 2.35 bits per heavy atom. The van der Waals surface area contributed by atoms with E-state index in [0.717, 1.165) is 13.2 Å². The van der Waals surface area contributed by atoms with E-state index in [0.29, 0.717) is 5.56 Å². The van der Waals surface area contributed by atoms with Crippen LogP contribution in [0.15, 0.2) is 30.3 Å². The van der Waals surface area contributed by atoms with E-state index in [1.807, 2.05) is 0 Å². The number of carboxylic acids is 1. The molecule has 0 bridgehead atoms. The van der Waals surface area contributed by atoms with Crippen LogP contribution in [0.2, 0.25) is 0 Å². The third-order valence-electron chi connectivity index (χ3n) is 3.51. The van der Waals surface area contributed by atoms with E-state index in [-0.39, 0.29) is 22.4 Å². The minimum Gasteiger partial charge on any atom is -0.477 e. The summed E-state index contributed by atoms with van der Waals surface area (Å²) in [7, 11) is 1.14. The van der Waals surface area contributed by atoms with Crippen molar-refractivity contribution < 1.29 is 29.0 Å². The summed E-state index contributed by atoms with van der Waals surface area (Å²) in [6.07, 6.45) is 0. The number of ether oxygens (including phenoxy) is 1. The number of rotatable bonds is 2. The van der Waals surface area contributed by atoms with Crippen molar-refractivity contribution in [2.24, 2.45) is 0 Å². The second-order valence-electron chi connectivity index (χ2n) is 4.78. The number of esters is 1. The average Bonchev–Trinajstić information content (AvgIpc) is 2.57. The van der Waals surface area contributed by atoms with Gasteiger partial charge >= 0.3 is 11.9 Å². The van der Waals surface area contributed by atoms with Crippen molar-refractivity contribution in [3.63, 3.8) is 0 Å². The number of pyridine rings is 1. The van der Waals surface area contributed by atoms with E-state index in [1.54, 1.807) is 18.2 Å². The Kier molecular flexibility index (Phi) is 3.25. The Morgan fingerprint density at radius 2 is 1.74 bits per heavy atom. The first-order valence-electron chi connectivity index (χ1n) is 6.50. The molecule has 23 heavy (non-hydrogen) atoms. The quantitative estimate of drug-likeness (QED) is 0.662. The highest BCUT2D eigenvalue weighted by molar-refractivity contribution is 6.52. The van der Waals surface area contributed by atoms with Crippen LogP contribution < -0.4 is 0 Å². The number of hydrogen-bond donors (Lipinski definition) is 1. The lowest BCUT2D eigenvalue weighted by Crippen LogP contribution is -2.26. The van der Waals surface area contributed by atoms with Crippen molar-refractivity contribution in [3.05, 3.63) is 52.8 Å². The van der Waals surface area contributed by atoms with E-state index in [2.05, 4.69) is 9.72 Å². The SMILES string of the molecule is COC(=O)c1cc(C(=O)O)nc2c1-c1ccccc1C(=O)C2=O. The second kappa shape index (κ2) is 5.13. The van der Waals surface area contributed by atoms with E-state index in [4.69, 9.17) is 5.11 Å². The van der Waals surface area contributed by atoms with Gasteiger partial charge < -0.3 is 9.84 Å². The van der Waals surface area contributed by atoms with Crippen molar-refractivity contribution in [1.29, 1.82) is 0 Å². The van der Waals surface area contributed by atoms with Gasteiger partial charge in [-0.1, -0.05) is 24.3 Å². The molecule has 7 nitrogen and oxygen atoms in total. The number of Topliss-reactive ketones (excluding diaryl/α,β-unsaturated/α-hetero) is 2. The summed E-state index contributed by atoms with van der Waals surface area (Å²) in [4.78, 5) is 51.4. The summed E-state index contributed by atoms with van der Waals surface area (Å²) in [5.41, 5.74) is -0.388. The van der Waals surface area contributed by atoms with E-state index < -0.39 is 29.2 Å². The minimum atomic E-state index is -1.42. The molecule has 0 atom stereocenters. The van der Waals surface area contributed by atoms with Crippen molar-refractivity contribution in [3.8, 4) is 11.1 Å². The lowest BCUT2D eigenvalue weighted by atomic mass is 9.84. The fraction of sp³-hybridized carbons (Fsp3) is 0.0625. The fourth-order valence-corrected chi connectivity index (χ4v) is 2.49. The van der Waals surface area contributed by atoms with Crippen LogP contribution in [0.1, 0.15) is 41.7 Å². The number of aromatic nitrogens is 1. The third-order valence-corrected chi connectivity index (χ3v) is 3.51. The monoisotopic (exact) mass is 311 g/mol. The first-order valence-corrected chi connectivity index (χ1v) is 6.50. The van der Waals surface area contributed by atoms with Crippen LogP contribution in [0, 0.1) is 0 Å². The van der Waals surface area contributed by atoms with Crippen LogP contribution >= 0.6 is 0 Å². The fourth-order valence-electron chi connectivity index (χ4n) is 2.49. The predicted molar refractivity (Wildman–Crippen MR) is 76.6 cm³/mol. The van der Waals surface area contributed by atoms with E-state index in [1.165, 1.54) is 6.07 Å². The van der Waals surface area contributed by atoms with Gasteiger partial charge in [0.15, 0.2) is 0 Å². The number of aromatic carboxylic acids is 1. The number of methoxy groups -OCH3 is 1. The zero-order chi connectivity index (χ0) is 16.7. The summed E-state index contributed by atoms with van der Waals surface area (Å²) in [6.45, 7) is 0. The average molecular weight is 311 g/mol. The van der Waals surface area contributed by atoms with Crippen molar-refractivity contribution in [2.75, 3.05) is 7.11 Å². The molecule has 0 unspecified atom stereocenters. The molecule has 7 heteroatoms. The molecule has 3 rings (SSSR count). The van der Waals surface area contributed by atoms with Crippen LogP contribution in [0.3, 0.4) is 0 Å². The predicted octanol–water partition coefficient (Wildman–Crippen LogP) is 1.61. The second-order valence-corrected chi connectivity index (χ2v) is 4.78. The zero-order valence-electron chi connectivity index (χ0n) is 11.8. The van der Waals surface area contributed by atoms with Gasteiger partial charge in [-0.15, -0.1) is 0 Å². The molecule has 1 aromatic carbocycles. The molecule has 114 valence electrons. The number of carboxylic acid groups (broad SMARTS) is 1. The molecule has 1 N–H and O–H groups in total. The van der Waals surface area contributed by atoms with Gasteiger partial charge in [-0.3, -0.25) is 9.59 Å². The molecule has 0 aliphatic heterocycles. The maximum absolute atomic E-state index is 12.3. The number of ketones is 2. The number of benzene rings is 1. The molecule has 1 heterocycles. The summed E-state index contributed by atoms with van der Waals surface area (Å²) in [5, 5.41) is 9.10. The van der Waals surface area contributed by atoms with E-state index in [9.17, 15) is 19.2 Å². The molecule has 1 aliphatic rings. The van der Waals surface area contributed by atoms with Crippen LogP contribution in [0.4, 0.5) is 0 Å². The van der Waals surface area contributed by atoms with Gasteiger partial charge in [-0.2, -0.15) is 0 Å². The maximum Gasteiger partial charge on any atom is 0.354 e. The molecule has 1 aliphatic carbocycles. The van der Waals surface area contributed by atoms with Crippen LogP contribution in [0.25, 0.3) is 11.1 Å². The number of hydrogen-bond acceptors (Lipinski definition) is 6. The van der Waals surface area contributed by atoms with Gasteiger partial charge in [0.05, 0.1) is 12.7 Å². The Balaban J connectivity index is 2.44. The number of carbonyl (C=O) groups is 4. The molecule has 0 saturated heterocycles. The summed E-state index contributed by atoms with van der Waals surface area (Å²) >= 11 is 0. The first kappa shape index (κ1) is 14.6. The molecule has 0 fully saturated rings. The largest absolute Gasteiger partial charge is 0.477 e. The molecule has 0 radical (unpaired) electrons. The Hall–Kier alpha value is -3.35. The normalized spacial score (nSPS) is 12.4. The molecule has 0 saturated carbocycles. The van der Waals surface area contributed by atoms with Gasteiger partial charge in [0.1, 0.15) is 11.4 Å². The zero-order valence-corrected chi connectivity index (χ0v) is 11.8. The molecule has 2 aromatic rings. The Bertz CT molecular complexity index is 899. The minimum absolute atomic E-state index is 0.113. The standard InChI is InChI=1S/C16H9NO6/c1-23-16(22)9-6-10(15(20)21)17-12-11(9)7-4-2-3-5-8(7)13(18)14(12)19/h2-6H,1H3,(H,20,21). The van der Waals surface area contributed by atoms with Gasteiger partial charge in [-0.25, -0.2) is 14.6 Å². The summed E-state index contributed by atoms with van der Waals surface area (Å²) in [5.74, 6) is -3.98. The Morgan fingerprint density at radius 1 is 1.09 bits per heavy atom. The first-order chi connectivity index (χ1) is 11.0. The highest BCUT2D eigenvalue weighted by atomic mass is 16.5. The van der Waals surface area contributed by atoms with Gasteiger partial charge in [0, 0.05) is 11.1 Å². The van der Waals surface area contributed by atoms with Crippen LogP contribution in [-0.4, -0.2) is 40.7 Å². The summed E-state index contributed by atoms with van der Waals surface area (Å²) in [6, 6.07) is 7.29. The van der Waals surface area contributed by atoms with Crippen molar-refractivity contribution in [1.82, 2.24) is 4.98 Å². The number of fused-ring (bicyclic) bond motifs is 3. The van der Waals surface area contributed by atoms with E-state index >= 15 is 0 Å². The highest BCUT2D eigenvalue weighted by Crippen LogP contribution is 2.35. The van der Waals surface area contributed by atoms with Gasteiger partial charge in [0.2, 0.25) is 5.78 Å². The molecular weight excluding hydrogens is 302 g/mol. The lowest BCUT2D eigenvalue weighted by Gasteiger charge is -2.19. The molecular formula is C16H9NO6. The van der Waals surface area contributed by atoms with Crippen LogP contribution in [0.5, 0.6) is 0 Å². The maximum atomic E-state index is 12.3. The molecule has 0 spiro atoms. The van der Waals surface area contributed by atoms with Crippen molar-refractivity contribution in [2.45, 2.75) is 0 Å². The summed E-state index contributed by atoms with van der Waals surface area (Å²) < 4.78 is 4.66. The van der Waals surface area contributed by atoms with Gasteiger partial charge in [0.25, 0.3) is 5.78 Å². The topological polar surface area (TPSA) is 111 Å². The number of carbonyl (C=O) groups excluding carboxylic acids is 3. The molecule has 1 aromatic heterocycles. The van der Waals surface area contributed by atoms with Crippen LogP contribution in [-0.2, 0) is 4.74 Å². The third kappa shape index (κ3) is 2.10. The van der Waals surface area contributed by atoms with Crippen molar-refractivity contribution >= 4 is 23.5 Å². The molecule has 0 amide bonds. The highest BCUT2D eigenvalue weighted by Gasteiger charge is 2.35. The lowest BCUT2D eigenvalue weighted by molar-refractivity contribution is 0.0601. The number of nitrogens with zero attached hydrogens (tertiary/aromatic N) is 1.